The summed E-state index contributed by atoms with van der Waals surface area (Å²) in [6.07, 6.45) is 4.63. The fourth-order valence-corrected chi connectivity index (χ4v) is 6.74. The number of carbonyl (C=O) groups is 1. The zero-order valence-electron chi connectivity index (χ0n) is 26.1. The highest BCUT2D eigenvalue weighted by Crippen LogP contribution is 2.43. The minimum absolute atomic E-state index is 0.0351. The summed E-state index contributed by atoms with van der Waals surface area (Å²) in [6, 6.07) is 25.4. The van der Waals surface area contributed by atoms with E-state index in [1.165, 1.54) is 17.2 Å². The van der Waals surface area contributed by atoms with Gasteiger partial charge >= 0.3 is 0 Å². The van der Waals surface area contributed by atoms with Gasteiger partial charge in [0.1, 0.15) is 39.7 Å². The summed E-state index contributed by atoms with van der Waals surface area (Å²) in [5.41, 5.74) is 3.66. The van der Waals surface area contributed by atoms with Crippen molar-refractivity contribution in [3.05, 3.63) is 117 Å². The van der Waals surface area contributed by atoms with Crippen LogP contribution in [0.5, 0.6) is 23.0 Å². The van der Waals surface area contributed by atoms with Crippen molar-refractivity contribution in [3.63, 3.8) is 0 Å². The Balaban J connectivity index is 1.26. The monoisotopic (exact) mass is 631 g/mol. The molecule has 2 N–H and O–H groups in total. The highest BCUT2D eigenvalue weighted by Gasteiger charge is 2.30. The van der Waals surface area contributed by atoms with E-state index in [2.05, 4.69) is 12.1 Å². The van der Waals surface area contributed by atoms with E-state index in [0.717, 1.165) is 43.1 Å². The molecule has 8 heteroatoms. The lowest BCUT2D eigenvalue weighted by atomic mass is 9.85. The molecule has 2 aliphatic rings. The SMILES string of the molecule is O=C(C[C@@H](c1cccc(OCCc2ccc3c(c2)CCO3)c1)c1c(O)cc(O)c2c(=O)cc(-c3ccccc3)oc12)N1CCCCC1. The minimum Gasteiger partial charge on any atom is -0.507 e. The number of phenols is 2. The molecule has 0 radical (unpaired) electrons. The molecule has 0 aliphatic carbocycles. The Labute approximate surface area is 272 Å². The standard InChI is InChI=1S/C39H37NO7/c41-31-23-32(42)38-33(43)24-35(26-8-3-1-4-9-26)47-39(38)37(31)30(22-36(44)40-16-5-2-6-17-40)27-10-7-11-29(21-27)45-18-14-25-12-13-34-28(20-25)15-19-46-34/h1,3-4,7-13,20-21,23-24,30,41-42H,2,5-6,14-19,22H2/t30-/m0/s1. The summed E-state index contributed by atoms with van der Waals surface area (Å²) in [5, 5.41) is 22.2. The third kappa shape index (κ3) is 6.41. The van der Waals surface area contributed by atoms with Gasteiger partial charge in [-0.05, 0) is 54.2 Å². The maximum Gasteiger partial charge on any atom is 0.223 e. The van der Waals surface area contributed by atoms with Crippen LogP contribution in [0.15, 0.2) is 94.1 Å². The highest BCUT2D eigenvalue weighted by molar-refractivity contribution is 5.91. The minimum atomic E-state index is -0.693. The molecule has 0 spiro atoms. The molecule has 1 saturated heterocycles. The second-order valence-corrected chi connectivity index (χ2v) is 12.3. The summed E-state index contributed by atoms with van der Waals surface area (Å²) in [5.74, 6) is 0.481. The normalized spacial score (nSPS) is 14.9. The number of rotatable bonds is 9. The first-order valence-electron chi connectivity index (χ1n) is 16.3. The van der Waals surface area contributed by atoms with Crippen LogP contribution >= 0.6 is 0 Å². The number of benzene rings is 4. The molecule has 8 nitrogen and oxygen atoms in total. The second kappa shape index (κ2) is 13.2. The lowest BCUT2D eigenvalue weighted by Crippen LogP contribution is -2.36. The van der Waals surface area contributed by atoms with Gasteiger partial charge in [-0.1, -0.05) is 54.6 Å². The molecule has 47 heavy (non-hydrogen) atoms. The zero-order valence-corrected chi connectivity index (χ0v) is 26.1. The molecule has 0 saturated carbocycles. The average molecular weight is 632 g/mol. The first-order valence-corrected chi connectivity index (χ1v) is 16.3. The van der Waals surface area contributed by atoms with E-state index in [0.29, 0.717) is 49.8 Å². The molecule has 7 rings (SSSR count). The van der Waals surface area contributed by atoms with Gasteiger partial charge in [0.15, 0.2) is 5.43 Å². The molecule has 2 aliphatic heterocycles. The van der Waals surface area contributed by atoms with E-state index in [-0.39, 0.29) is 40.4 Å². The van der Waals surface area contributed by atoms with Crippen molar-refractivity contribution >= 4 is 16.9 Å². The number of fused-ring (bicyclic) bond motifs is 2. The van der Waals surface area contributed by atoms with Gasteiger partial charge in [0, 0.05) is 61.5 Å². The van der Waals surface area contributed by atoms with E-state index >= 15 is 0 Å². The van der Waals surface area contributed by atoms with Crippen LogP contribution in [0.1, 0.15) is 53.9 Å². The predicted molar refractivity (Wildman–Crippen MR) is 179 cm³/mol. The van der Waals surface area contributed by atoms with E-state index in [1.807, 2.05) is 65.6 Å². The molecule has 0 unspecified atom stereocenters. The predicted octanol–water partition coefficient (Wildman–Crippen LogP) is 6.96. The summed E-state index contributed by atoms with van der Waals surface area (Å²) in [4.78, 5) is 29.1. The molecule has 4 aromatic carbocycles. The van der Waals surface area contributed by atoms with Crippen LogP contribution in [0.2, 0.25) is 0 Å². The number of likely N-dealkylation sites (tertiary alicyclic amines) is 1. The van der Waals surface area contributed by atoms with Crippen LogP contribution in [0, 0.1) is 0 Å². The van der Waals surface area contributed by atoms with Gasteiger partial charge in [0.2, 0.25) is 5.91 Å². The Morgan fingerprint density at radius 1 is 0.894 bits per heavy atom. The van der Waals surface area contributed by atoms with E-state index in [9.17, 15) is 19.8 Å². The number of hydrogen-bond donors (Lipinski definition) is 2. The van der Waals surface area contributed by atoms with Crippen molar-refractivity contribution in [2.45, 2.75) is 44.4 Å². The maximum atomic E-state index is 13.8. The van der Waals surface area contributed by atoms with Crippen molar-refractivity contribution in [1.29, 1.82) is 0 Å². The van der Waals surface area contributed by atoms with E-state index in [1.54, 1.807) is 0 Å². The Kier molecular flexibility index (Phi) is 8.57. The summed E-state index contributed by atoms with van der Waals surface area (Å²) < 4.78 is 18.2. The fourth-order valence-electron chi connectivity index (χ4n) is 6.74. The fraction of sp³-hybridized carbons (Fsp3) is 0.282. The smallest absolute Gasteiger partial charge is 0.223 e. The molecule has 240 valence electrons. The number of hydrogen-bond acceptors (Lipinski definition) is 7. The Morgan fingerprint density at radius 3 is 2.55 bits per heavy atom. The Morgan fingerprint density at radius 2 is 1.72 bits per heavy atom. The van der Waals surface area contributed by atoms with E-state index in [4.69, 9.17) is 13.9 Å². The molecule has 0 bridgehead atoms. The number of carbonyl (C=O) groups excluding carboxylic acids is 1. The van der Waals surface area contributed by atoms with Crippen LogP contribution in [0.3, 0.4) is 0 Å². The molecular formula is C39H37NO7. The van der Waals surface area contributed by atoms with Crippen molar-refractivity contribution in [1.82, 2.24) is 4.90 Å². The second-order valence-electron chi connectivity index (χ2n) is 12.3. The van der Waals surface area contributed by atoms with Crippen LogP contribution < -0.4 is 14.9 Å². The average Bonchev–Trinajstić information content (AvgIpc) is 3.56. The Hall–Kier alpha value is -5.24. The molecule has 1 atom stereocenters. The zero-order chi connectivity index (χ0) is 32.3. The Bertz CT molecular complexity index is 1980. The lowest BCUT2D eigenvalue weighted by molar-refractivity contribution is -0.132. The first kappa shape index (κ1) is 30.4. The van der Waals surface area contributed by atoms with Crippen LogP contribution in [0.25, 0.3) is 22.3 Å². The van der Waals surface area contributed by atoms with Crippen LogP contribution in [-0.4, -0.2) is 47.3 Å². The summed E-state index contributed by atoms with van der Waals surface area (Å²) in [6.45, 7) is 2.52. The number of amides is 1. The lowest BCUT2D eigenvalue weighted by Gasteiger charge is -2.29. The number of piperidine rings is 1. The van der Waals surface area contributed by atoms with Crippen LogP contribution in [-0.2, 0) is 17.6 Å². The summed E-state index contributed by atoms with van der Waals surface area (Å²) in [7, 11) is 0. The molecule has 1 fully saturated rings. The molecule has 1 aromatic heterocycles. The number of aromatic hydroxyl groups is 2. The molecular weight excluding hydrogens is 594 g/mol. The van der Waals surface area contributed by atoms with Crippen molar-refractivity contribution in [3.8, 4) is 34.3 Å². The largest absolute Gasteiger partial charge is 0.507 e. The quantitative estimate of drug-likeness (QED) is 0.181. The number of nitrogens with zero attached hydrogens (tertiary/aromatic N) is 1. The van der Waals surface area contributed by atoms with Crippen molar-refractivity contribution in [2.24, 2.45) is 0 Å². The number of ether oxygens (including phenoxy) is 2. The van der Waals surface area contributed by atoms with Gasteiger partial charge in [0.05, 0.1) is 13.2 Å². The molecule has 1 amide bonds. The van der Waals surface area contributed by atoms with Gasteiger partial charge in [-0.15, -0.1) is 0 Å². The third-order valence-corrected chi connectivity index (χ3v) is 9.17. The maximum absolute atomic E-state index is 13.8. The van der Waals surface area contributed by atoms with Crippen LogP contribution in [0.4, 0.5) is 0 Å². The van der Waals surface area contributed by atoms with Crippen molar-refractivity contribution in [2.75, 3.05) is 26.3 Å². The summed E-state index contributed by atoms with van der Waals surface area (Å²) >= 11 is 0. The van der Waals surface area contributed by atoms with E-state index < -0.39 is 11.3 Å². The highest BCUT2D eigenvalue weighted by atomic mass is 16.5. The molecule has 5 aromatic rings. The van der Waals surface area contributed by atoms with Gasteiger partial charge in [-0.2, -0.15) is 0 Å². The first-order chi connectivity index (χ1) is 22.9. The third-order valence-electron chi connectivity index (χ3n) is 9.17. The van der Waals surface area contributed by atoms with Gasteiger partial charge in [-0.3, -0.25) is 9.59 Å². The molecule has 3 heterocycles. The number of phenolic OH excluding ortho intramolecular Hbond substituents is 2. The van der Waals surface area contributed by atoms with Gasteiger partial charge in [-0.25, -0.2) is 0 Å². The van der Waals surface area contributed by atoms with Crippen molar-refractivity contribution < 1.29 is 28.9 Å². The topological polar surface area (TPSA) is 109 Å². The van der Waals surface area contributed by atoms with Gasteiger partial charge in [0.25, 0.3) is 0 Å². The van der Waals surface area contributed by atoms with Gasteiger partial charge < -0.3 is 29.0 Å².